The smallest absolute Gasteiger partial charge is 0.0816 e. The molecule has 1 unspecified atom stereocenters. The average molecular weight is 314 g/mol. The van der Waals surface area contributed by atoms with Gasteiger partial charge in [-0.15, -0.1) is 0 Å². The van der Waals surface area contributed by atoms with Gasteiger partial charge in [-0.1, -0.05) is 29.8 Å². The molecule has 1 aliphatic rings. The van der Waals surface area contributed by atoms with Crippen LogP contribution in [0.1, 0.15) is 30.9 Å². The Bertz CT molecular complexity index is 422. The molecule has 1 fully saturated rings. The zero-order valence-electron chi connectivity index (χ0n) is 12.2. The first-order valence-corrected chi connectivity index (χ1v) is 7.96. The zero-order chi connectivity index (χ0) is 15.1. The molecule has 1 heterocycles. The Morgan fingerprint density at radius 1 is 1.29 bits per heavy atom. The molecule has 0 aromatic heterocycles. The minimum absolute atomic E-state index is 0.0875. The Labute approximate surface area is 131 Å². The summed E-state index contributed by atoms with van der Waals surface area (Å²) in [5, 5.41) is 19.6. The summed E-state index contributed by atoms with van der Waals surface area (Å²) in [6.07, 6.45) is 2.42. The van der Waals surface area contributed by atoms with Crippen molar-refractivity contribution in [1.82, 2.24) is 4.90 Å². The van der Waals surface area contributed by atoms with E-state index in [1.807, 2.05) is 24.3 Å². The third kappa shape index (κ3) is 5.24. The fraction of sp³-hybridized carbons (Fsp3) is 0.625. The molecule has 1 atom stereocenters. The first-order chi connectivity index (χ1) is 10.2. The molecule has 2 N–H and O–H groups in total. The lowest BCUT2D eigenvalue weighted by Crippen LogP contribution is -2.38. The van der Waals surface area contributed by atoms with Crippen molar-refractivity contribution in [1.29, 1.82) is 0 Å². The van der Waals surface area contributed by atoms with Crippen LogP contribution in [-0.4, -0.2) is 54.1 Å². The van der Waals surface area contributed by atoms with Crippen molar-refractivity contribution in [2.45, 2.75) is 31.5 Å². The van der Waals surface area contributed by atoms with E-state index in [2.05, 4.69) is 4.90 Å². The van der Waals surface area contributed by atoms with Crippen LogP contribution in [0.4, 0.5) is 0 Å². The molecule has 4 nitrogen and oxygen atoms in total. The Balaban J connectivity index is 1.71. The first kappa shape index (κ1) is 16.7. The number of likely N-dealkylation sites (tertiary alicyclic amines) is 1. The van der Waals surface area contributed by atoms with Crippen LogP contribution in [0.5, 0.6) is 0 Å². The van der Waals surface area contributed by atoms with Crippen LogP contribution >= 0.6 is 11.6 Å². The Morgan fingerprint density at radius 3 is 2.67 bits per heavy atom. The van der Waals surface area contributed by atoms with Crippen LogP contribution in [0.3, 0.4) is 0 Å². The van der Waals surface area contributed by atoms with Crippen molar-refractivity contribution in [2.24, 2.45) is 0 Å². The van der Waals surface area contributed by atoms with Crippen molar-refractivity contribution in [3.05, 3.63) is 34.9 Å². The maximum Gasteiger partial charge on any atom is 0.0816 e. The molecule has 0 spiro atoms. The van der Waals surface area contributed by atoms with E-state index >= 15 is 0 Å². The number of ether oxygens (including phenoxy) is 1. The van der Waals surface area contributed by atoms with E-state index in [1.54, 1.807) is 0 Å². The number of aliphatic hydroxyl groups excluding tert-OH is 2. The Morgan fingerprint density at radius 2 is 2.00 bits per heavy atom. The SMILES string of the molecule is OCCOC1CCN(CCC(O)c2ccccc2Cl)CC1. The van der Waals surface area contributed by atoms with E-state index in [1.165, 1.54) is 0 Å². The number of benzene rings is 1. The van der Waals surface area contributed by atoms with Crippen LogP contribution in [0.15, 0.2) is 24.3 Å². The van der Waals surface area contributed by atoms with Gasteiger partial charge in [-0.05, 0) is 30.9 Å². The molecule has 0 bridgehead atoms. The third-order valence-corrected chi connectivity index (χ3v) is 4.31. The fourth-order valence-electron chi connectivity index (χ4n) is 2.72. The highest BCUT2D eigenvalue weighted by molar-refractivity contribution is 6.31. The molecule has 0 radical (unpaired) electrons. The van der Waals surface area contributed by atoms with E-state index in [4.69, 9.17) is 21.4 Å². The van der Waals surface area contributed by atoms with E-state index in [-0.39, 0.29) is 12.7 Å². The van der Waals surface area contributed by atoms with Crippen LogP contribution in [0, 0.1) is 0 Å². The number of rotatable bonds is 7. The predicted molar refractivity (Wildman–Crippen MR) is 83.5 cm³/mol. The van der Waals surface area contributed by atoms with Gasteiger partial charge in [0.2, 0.25) is 0 Å². The molecule has 5 heteroatoms. The van der Waals surface area contributed by atoms with Gasteiger partial charge in [-0.25, -0.2) is 0 Å². The first-order valence-electron chi connectivity index (χ1n) is 7.58. The minimum atomic E-state index is -0.512. The fourth-order valence-corrected chi connectivity index (χ4v) is 2.99. The molecule has 0 aliphatic carbocycles. The standard InChI is InChI=1S/C16H24ClNO3/c17-15-4-2-1-3-14(15)16(20)7-10-18-8-5-13(6-9-18)21-12-11-19/h1-4,13,16,19-20H,5-12H2. The summed E-state index contributed by atoms with van der Waals surface area (Å²) >= 11 is 6.10. The monoisotopic (exact) mass is 313 g/mol. The highest BCUT2D eigenvalue weighted by Gasteiger charge is 2.20. The van der Waals surface area contributed by atoms with Crippen LogP contribution in [0.2, 0.25) is 5.02 Å². The average Bonchev–Trinajstić information content (AvgIpc) is 2.52. The minimum Gasteiger partial charge on any atom is -0.394 e. The molecule has 1 aliphatic heterocycles. The Hall–Kier alpha value is -0.650. The second-order valence-electron chi connectivity index (χ2n) is 5.46. The van der Waals surface area contributed by atoms with E-state index in [0.717, 1.165) is 38.0 Å². The van der Waals surface area contributed by atoms with Gasteiger partial charge in [0, 0.05) is 24.7 Å². The second-order valence-corrected chi connectivity index (χ2v) is 5.87. The summed E-state index contributed by atoms with van der Waals surface area (Å²) in [6, 6.07) is 7.45. The Kier molecular flexibility index (Phi) is 6.93. The molecular weight excluding hydrogens is 290 g/mol. The van der Waals surface area contributed by atoms with Crippen molar-refractivity contribution >= 4 is 11.6 Å². The molecule has 118 valence electrons. The van der Waals surface area contributed by atoms with Crippen molar-refractivity contribution in [3.8, 4) is 0 Å². The van der Waals surface area contributed by atoms with Gasteiger partial charge in [0.05, 0.1) is 25.4 Å². The molecule has 0 saturated carbocycles. The molecule has 1 aromatic carbocycles. The normalized spacial score (nSPS) is 18.8. The highest BCUT2D eigenvalue weighted by Crippen LogP contribution is 2.25. The number of nitrogens with zero attached hydrogens (tertiary/aromatic N) is 1. The molecule has 2 rings (SSSR count). The third-order valence-electron chi connectivity index (χ3n) is 3.96. The van der Waals surface area contributed by atoms with Crippen molar-refractivity contribution in [2.75, 3.05) is 32.8 Å². The zero-order valence-corrected chi connectivity index (χ0v) is 13.0. The molecule has 21 heavy (non-hydrogen) atoms. The van der Waals surface area contributed by atoms with Gasteiger partial charge < -0.3 is 19.8 Å². The van der Waals surface area contributed by atoms with Gasteiger partial charge in [0.25, 0.3) is 0 Å². The quantitative estimate of drug-likeness (QED) is 0.810. The number of hydrogen-bond donors (Lipinski definition) is 2. The maximum atomic E-state index is 10.2. The second kappa shape index (κ2) is 8.71. The summed E-state index contributed by atoms with van der Waals surface area (Å²) in [5.41, 5.74) is 0.806. The van der Waals surface area contributed by atoms with E-state index in [0.29, 0.717) is 18.1 Å². The summed E-state index contributed by atoms with van der Waals surface area (Å²) in [7, 11) is 0. The van der Waals surface area contributed by atoms with Gasteiger partial charge in [-0.3, -0.25) is 0 Å². The summed E-state index contributed by atoms with van der Waals surface area (Å²) in [5.74, 6) is 0. The van der Waals surface area contributed by atoms with Gasteiger partial charge in [0.1, 0.15) is 0 Å². The topological polar surface area (TPSA) is 52.9 Å². The number of piperidine rings is 1. The predicted octanol–water partition coefficient (Wildman–Crippen LogP) is 2.24. The lowest BCUT2D eigenvalue weighted by atomic mass is 10.0. The van der Waals surface area contributed by atoms with E-state index < -0.39 is 6.10 Å². The highest BCUT2D eigenvalue weighted by atomic mass is 35.5. The maximum absolute atomic E-state index is 10.2. The lowest BCUT2D eigenvalue weighted by molar-refractivity contribution is -0.00958. The van der Waals surface area contributed by atoms with Crippen molar-refractivity contribution in [3.63, 3.8) is 0 Å². The molecule has 1 saturated heterocycles. The summed E-state index contributed by atoms with van der Waals surface area (Å²) in [4.78, 5) is 2.35. The van der Waals surface area contributed by atoms with Gasteiger partial charge in [-0.2, -0.15) is 0 Å². The van der Waals surface area contributed by atoms with E-state index in [9.17, 15) is 5.11 Å². The lowest BCUT2D eigenvalue weighted by Gasteiger charge is -2.32. The molecular formula is C16H24ClNO3. The van der Waals surface area contributed by atoms with Crippen LogP contribution in [0.25, 0.3) is 0 Å². The largest absolute Gasteiger partial charge is 0.394 e. The van der Waals surface area contributed by atoms with Crippen LogP contribution < -0.4 is 0 Å². The van der Waals surface area contributed by atoms with Gasteiger partial charge >= 0.3 is 0 Å². The van der Waals surface area contributed by atoms with Crippen LogP contribution in [-0.2, 0) is 4.74 Å². The summed E-state index contributed by atoms with van der Waals surface area (Å²) < 4.78 is 5.55. The van der Waals surface area contributed by atoms with Gasteiger partial charge in [0.15, 0.2) is 0 Å². The molecule has 0 amide bonds. The number of aliphatic hydroxyl groups is 2. The number of halogens is 1. The molecule has 1 aromatic rings. The number of hydrogen-bond acceptors (Lipinski definition) is 4. The summed E-state index contributed by atoms with van der Waals surface area (Å²) in [6.45, 7) is 3.33. The van der Waals surface area contributed by atoms with Crippen molar-refractivity contribution < 1.29 is 14.9 Å².